The van der Waals surface area contributed by atoms with E-state index in [4.69, 9.17) is 25.4 Å². The largest absolute Gasteiger partial charge is 0.461 e. The summed E-state index contributed by atoms with van der Waals surface area (Å²) in [5.74, 6) is -0.277. The minimum Gasteiger partial charge on any atom is -0.461 e. The lowest BCUT2D eigenvalue weighted by Gasteiger charge is -2.18. The smallest absolute Gasteiger partial charge is 0.335 e. The highest BCUT2D eigenvalue weighted by atomic mass is 35.5. The fourth-order valence-corrected chi connectivity index (χ4v) is 5.56. The van der Waals surface area contributed by atoms with Crippen molar-refractivity contribution in [1.82, 2.24) is 0 Å². The van der Waals surface area contributed by atoms with Crippen molar-refractivity contribution in [2.75, 3.05) is 19.8 Å². The highest BCUT2D eigenvalue weighted by Gasteiger charge is 2.24. The second kappa shape index (κ2) is 14.2. The third kappa shape index (κ3) is 9.07. The van der Waals surface area contributed by atoms with E-state index in [0.717, 1.165) is 27.8 Å². The summed E-state index contributed by atoms with van der Waals surface area (Å²) >= 11 is 6.06. The van der Waals surface area contributed by atoms with Crippen LogP contribution in [0.1, 0.15) is 37.0 Å². The number of hydrogen-bond donors (Lipinski definition) is 0. The molecule has 0 aromatic heterocycles. The van der Waals surface area contributed by atoms with Gasteiger partial charge in [-0.15, -0.1) is 0 Å². The fourth-order valence-electron chi connectivity index (χ4n) is 3.76. The number of hydrogen-bond acceptors (Lipinski definition) is 5. The molecule has 36 heavy (non-hydrogen) atoms. The second-order valence-electron chi connectivity index (χ2n) is 8.15. The zero-order valence-electron chi connectivity index (χ0n) is 20.7. The first-order valence-corrected chi connectivity index (χ1v) is 14.2. The Balaban J connectivity index is 1.71. The Labute approximate surface area is 218 Å². The first kappa shape index (κ1) is 27.9. The Kier molecular flexibility index (Phi) is 11.0. The van der Waals surface area contributed by atoms with Crippen molar-refractivity contribution in [3.8, 4) is 11.1 Å². The van der Waals surface area contributed by atoms with Crippen LogP contribution < -0.4 is 0 Å². The molecule has 0 spiro atoms. The third-order valence-corrected chi connectivity index (χ3v) is 7.63. The molecule has 7 heteroatoms. The van der Waals surface area contributed by atoms with E-state index in [-0.39, 0.29) is 25.2 Å². The zero-order valence-corrected chi connectivity index (χ0v) is 22.3. The summed E-state index contributed by atoms with van der Waals surface area (Å²) in [4.78, 5) is 12.3. The van der Waals surface area contributed by atoms with E-state index in [0.29, 0.717) is 24.7 Å². The van der Waals surface area contributed by atoms with Crippen molar-refractivity contribution in [3.05, 3.63) is 101 Å². The molecule has 0 N–H and O–H groups in total. The van der Waals surface area contributed by atoms with E-state index in [9.17, 15) is 9.36 Å². The summed E-state index contributed by atoms with van der Waals surface area (Å²) in [6.07, 6.45) is 4.62. The van der Waals surface area contributed by atoms with Gasteiger partial charge in [-0.1, -0.05) is 78.3 Å². The van der Waals surface area contributed by atoms with Crippen LogP contribution in [0.25, 0.3) is 17.2 Å². The van der Waals surface area contributed by atoms with Gasteiger partial charge in [0.15, 0.2) is 0 Å². The molecule has 3 rings (SSSR count). The number of esters is 1. The topological polar surface area (TPSA) is 61.8 Å². The van der Waals surface area contributed by atoms with Crippen LogP contribution in [0.15, 0.2) is 78.9 Å². The normalized spacial score (nSPS) is 11.6. The zero-order chi connectivity index (χ0) is 25.8. The van der Waals surface area contributed by atoms with Crippen molar-refractivity contribution >= 4 is 31.2 Å². The van der Waals surface area contributed by atoms with Crippen LogP contribution in [-0.2, 0) is 35.7 Å². The number of carbonyl (C=O) groups is 1. The summed E-state index contributed by atoms with van der Waals surface area (Å²) in [7, 11) is -3.28. The van der Waals surface area contributed by atoms with Gasteiger partial charge in [-0.25, -0.2) is 0 Å². The van der Waals surface area contributed by atoms with Gasteiger partial charge in [0.05, 0.1) is 19.4 Å². The average molecular weight is 527 g/mol. The lowest BCUT2D eigenvalue weighted by molar-refractivity contribution is -0.142. The number of benzene rings is 3. The van der Waals surface area contributed by atoms with Gasteiger partial charge in [0.1, 0.15) is 6.61 Å². The molecule has 0 atom stereocenters. The standard InChI is InChI=1S/C29H32ClO5P/c1-3-34-36(32,35-4-2)22-25-19-24(20-27(21-25)26-13-15-28(30)16-14-26)12-17-29(31)33-18-8-11-23-9-6-5-7-10-23/h5-11,13-16,19-21H,3-4,12,17-18,22H2,1-2H3/b11-8+. The Morgan fingerprint density at radius 2 is 1.56 bits per heavy atom. The molecule has 0 aliphatic heterocycles. The highest BCUT2D eigenvalue weighted by Crippen LogP contribution is 2.51. The van der Waals surface area contributed by atoms with E-state index in [1.165, 1.54) is 0 Å². The third-order valence-electron chi connectivity index (χ3n) is 5.33. The van der Waals surface area contributed by atoms with Crippen molar-refractivity contribution in [2.24, 2.45) is 0 Å². The summed E-state index contributed by atoms with van der Waals surface area (Å²) < 4.78 is 29.5. The van der Waals surface area contributed by atoms with Crippen LogP contribution in [0.2, 0.25) is 5.02 Å². The predicted octanol–water partition coefficient (Wildman–Crippen LogP) is 7.96. The molecule has 3 aromatic carbocycles. The van der Waals surface area contributed by atoms with Gasteiger partial charge in [-0.3, -0.25) is 9.36 Å². The molecule has 0 fully saturated rings. The van der Waals surface area contributed by atoms with Crippen LogP contribution in [0.5, 0.6) is 0 Å². The van der Waals surface area contributed by atoms with Crippen LogP contribution in [0.3, 0.4) is 0 Å². The molecule has 0 radical (unpaired) electrons. The van der Waals surface area contributed by atoms with E-state index < -0.39 is 7.60 Å². The lowest BCUT2D eigenvalue weighted by Crippen LogP contribution is -2.06. The molecular weight excluding hydrogens is 495 g/mol. The van der Waals surface area contributed by atoms with Crippen LogP contribution in [0, 0.1) is 0 Å². The minimum absolute atomic E-state index is 0.151. The maximum absolute atomic E-state index is 13.2. The first-order valence-electron chi connectivity index (χ1n) is 12.0. The summed E-state index contributed by atoms with van der Waals surface area (Å²) in [6.45, 7) is 4.40. The highest BCUT2D eigenvalue weighted by molar-refractivity contribution is 7.53. The van der Waals surface area contributed by atoms with Crippen molar-refractivity contribution in [1.29, 1.82) is 0 Å². The molecular formula is C29H32ClO5P. The van der Waals surface area contributed by atoms with E-state index in [2.05, 4.69) is 0 Å². The van der Waals surface area contributed by atoms with Crippen LogP contribution in [-0.4, -0.2) is 25.8 Å². The van der Waals surface area contributed by atoms with Crippen molar-refractivity contribution in [2.45, 2.75) is 32.9 Å². The molecule has 190 valence electrons. The molecule has 0 bridgehead atoms. The van der Waals surface area contributed by atoms with Crippen molar-refractivity contribution < 1.29 is 23.1 Å². The Morgan fingerprint density at radius 3 is 2.22 bits per heavy atom. The maximum Gasteiger partial charge on any atom is 0.335 e. The van der Waals surface area contributed by atoms with Crippen LogP contribution >= 0.6 is 19.2 Å². The lowest BCUT2D eigenvalue weighted by atomic mass is 9.98. The molecule has 0 heterocycles. The quantitative estimate of drug-likeness (QED) is 0.167. The summed E-state index contributed by atoms with van der Waals surface area (Å²) in [6, 6.07) is 23.3. The van der Waals surface area contributed by atoms with Gasteiger partial charge in [-0.2, -0.15) is 0 Å². The number of halogens is 1. The van der Waals surface area contributed by atoms with Gasteiger partial charge in [-0.05, 0) is 66.3 Å². The van der Waals surface area contributed by atoms with Gasteiger partial charge >= 0.3 is 13.6 Å². The van der Waals surface area contributed by atoms with E-state index >= 15 is 0 Å². The molecule has 0 saturated heterocycles. The van der Waals surface area contributed by atoms with Crippen LogP contribution in [0.4, 0.5) is 0 Å². The predicted molar refractivity (Wildman–Crippen MR) is 146 cm³/mol. The van der Waals surface area contributed by atoms with Crippen molar-refractivity contribution in [3.63, 3.8) is 0 Å². The molecule has 3 aromatic rings. The van der Waals surface area contributed by atoms with Gasteiger partial charge in [0.25, 0.3) is 0 Å². The number of carbonyl (C=O) groups excluding carboxylic acids is 1. The first-order chi connectivity index (χ1) is 17.4. The Morgan fingerprint density at radius 1 is 0.889 bits per heavy atom. The molecule has 0 saturated carbocycles. The number of rotatable bonds is 13. The SMILES string of the molecule is CCOP(=O)(Cc1cc(CCC(=O)OC/C=C/c2ccccc2)cc(-c2ccc(Cl)cc2)c1)OCC. The minimum atomic E-state index is -3.28. The van der Waals surface area contributed by atoms with Gasteiger partial charge < -0.3 is 13.8 Å². The molecule has 0 amide bonds. The summed E-state index contributed by atoms with van der Waals surface area (Å²) in [5.41, 5.74) is 4.73. The number of ether oxygens (including phenoxy) is 1. The second-order valence-corrected chi connectivity index (χ2v) is 10.6. The van der Waals surface area contributed by atoms with E-state index in [1.807, 2.05) is 84.9 Å². The average Bonchev–Trinajstić information content (AvgIpc) is 2.86. The molecule has 0 aliphatic rings. The molecule has 0 aliphatic carbocycles. The number of aryl methyl sites for hydroxylation is 1. The molecule has 0 unspecified atom stereocenters. The summed E-state index contributed by atoms with van der Waals surface area (Å²) in [5, 5.41) is 0.649. The molecule has 5 nitrogen and oxygen atoms in total. The fraction of sp³-hybridized carbons (Fsp3) is 0.276. The Hall–Kier alpha value is -2.69. The maximum atomic E-state index is 13.2. The Bertz CT molecular complexity index is 1180. The monoisotopic (exact) mass is 526 g/mol. The van der Waals surface area contributed by atoms with Gasteiger partial charge in [0.2, 0.25) is 0 Å². The van der Waals surface area contributed by atoms with Gasteiger partial charge in [0, 0.05) is 11.4 Å². The van der Waals surface area contributed by atoms with E-state index in [1.54, 1.807) is 13.8 Å².